The van der Waals surface area contributed by atoms with E-state index in [0.29, 0.717) is 0 Å². The lowest BCUT2D eigenvalue weighted by Crippen LogP contribution is -2.14. The standard InChI is InChI=1S/C15H15FN2O5S/c1-24(22,23)10-6-7-13(14(8-10)18(20)21)17-9-15(19)11-4-2-3-5-12(11)16/h2-8,15,17,19H,9H2,1H3/t15-/m1/s1. The van der Waals surface area contributed by atoms with E-state index in [2.05, 4.69) is 5.32 Å². The molecule has 0 saturated heterocycles. The zero-order valence-electron chi connectivity index (χ0n) is 12.6. The molecule has 0 aliphatic heterocycles. The third-order valence-corrected chi connectivity index (χ3v) is 4.45. The first-order valence-electron chi connectivity index (χ1n) is 6.85. The molecule has 1 atom stereocenters. The highest BCUT2D eigenvalue weighted by molar-refractivity contribution is 7.90. The summed E-state index contributed by atoms with van der Waals surface area (Å²) in [5.74, 6) is -0.589. The summed E-state index contributed by atoms with van der Waals surface area (Å²) in [4.78, 5) is 10.2. The number of nitrogens with one attached hydrogen (secondary N) is 1. The molecule has 0 bridgehead atoms. The first-order valence-corrected chi connectivity index (χ1v) is 8.74. The molecule has 0 radical (unpaired) electrons. The van der Waals surface area contributed by atoms with Gasteiger partial charge in [-0.3, -0.25) is 10.1 Å². The summed E-state index contributed by atoms with van der Waals surface area (Å²) in [6, 6.07) is 9.04. The van der Waals surface area contributed by atoms with Crippen LogP contribution >= 0.6 is 0 Å². The van der Waals surface area contributed by atoms with E-state index in [1.807, 2.05) is 0 Å². The third kappa shape index (κ3) is 4.06. The molecule has 0 aliphatic carbocycles. The van der Waals surface area contributed by atoms with Crippen molar-refractivity contribution in [2.24, 2.45) is 0 Å². The summed E-state index contributed by atoms with van der Waals surface area (Å²) in [5.41, 5.74) is -0.359. The number of hydrogen-bond acceptors (Lipinski definition) is 6. The van der Waals surface area contributed by atoms with E-state index in [4.69, 9.17) is 0 Å². The summed E-state index contributed by atoms with van der Waals surface area (Å²) in [7, 11) is -3.59. The number of sulfone groups is 1. The van der Waals surface area contributed by atoms with E-state index in [0.717, 1.165) is 12.3 Å². The molecule has 0 spiro atoms. The lowest BCUT2D eigenvalue weighted by atomic mass is 10.1. The summed E-state index contributed by atoms with van der Waals surface area (Å²) in [5, 5.41) is 23.8. The van der Waals surface area contributed by atoms with Gasteiger partial charge in [0.05, 0.1) is 15.9 Å². The van der Waals surface area contributed by atoms with Crippen LogP contribution in [0.2, 0.25) is 0 Å². The topological polar surface area (TPSA) is 110 Å². The van der Waals surface area contributed by atoms with Gasteiger partial charge in [-0.05, 0) is 18.2 Å². The molecule has 7 nitrogen and oxygen atoms in total. The van der Waals surface area contributed by atoms with Gasteiger partial charge in [0.2, 0.25) is 0 Å². The zero-order valence-corrected chi connectivity index (χ0v) is 13.5. The molecule has 0 aromatic heterocycles. The van der Waals surface area contributed by atoms with Crippen molar-refractivity contribution < 1.29 is 22.8 Å². The zero-order chi connectivity index (χ0) is 17.9. The second kappa shape index (κ2) is 6.93. The fourth-order valence-electron chi connectivity index (χ4n) is 2.10. The number of halogens is 1. The molecule has 0 heterocycles. The van der Waals surface area contributed by atoms with Crippen LogP contribution < -0.4 is 5.32 Å². The Labute approximate surface area is 137 Å². The van der Waals surface area contributed by atoms with Crippen molar-refractivity contribution >= 4 is 21.2 Å². The van der Waals surface area contributed by atoms with Crippen LogP contribution in [0.1, 0.15) is 11.7 Å². The van der Waals surface area contributed by atoms with Gasteiger partial charge in [0, 0.05) is 24.4 Å². The Bertz CT molecular complexity index is 870. The van der Waals surface area contributed by atoms with Crippen LogP contribution in [0.4, 0.5) is 15.8 Å². The van der Waals surface area contributed by atoms with Crippen LogP contribution in [0.5, 0.6) is 0 Å². The Kier molecular flexibility index (Phi) is 5.15. The highest BCUT2D eigenvalue weighted by Gasteiger charge is 2.20. The van der Waals surface area contributed by atoms with Crippen LogP contribution in [0.15, 0.2) is 47.4 Å². The molecule has 9 heteroatoms. The number of nitrogens with zero attached hydrogens (tertiary/aromatic N) is 1. The van der Waals surface area contributed by atoms with Gasteiger partial charge in [0.15, 0.2) is 9.84 Å². The van der Waals surface area contributed by atoms with Crippen LogP contribution in [-0.4, -0.2) is 31.2 Å². The molecule has 0 aliphatic rings. The van der Waals surface area contributed by atoms with E-state index in [-0.39, 0.29) is 22.7 Å². The smallest absolute Gasteiger partial charge is 0.293 e. The lowest BCUT2D eigenvalue weighted by Gasteiger charge is -2.14. The monoisotopic (exact) mass is 354 g/mol. The Morgan fingerprint density at radius 1 is 1.29 bits per heavy atom. The third-order valence-electron chi connectivity index (χ3n) is 3.34. The molecule has 0 fully saturated rings. The Balaban J connectivity index is 2.24. The minimum atomic E-state index is -3.59. The minimum absolute atomic E-state index is 0.0304. The number of anilines is 1. The van der Waals surface area contributed by atoms with Crippen molar-refractivity contribution in [1.29, 1.82) is 0 Å². The maximum Gasteiger partial charge on any atom is 0.293 e. The summed E-state index contributed by atoms with van der Waals surface area (Å²) >= 11 is 0. The van der Waals surface area contributed by atoms with E-state index in [1.165, 1.54) is 30.3 Å². The van der Waals surface area contributed by atoms with Crippen molar-refractivity contribution in [3.05, 3.63) is 64.0 Å². The first-order chi connectivity index (χ1) is 11.2. The quantitative estimate of drug-likeness (QED) is 0.608. The number of rotatable bonds is 6. The molecule has 2 N–H and O–H groups in total. The SMILES string of the molecule is CS(=O)(=O)c1ccc(NC[C@@H](O)c2ccccc2F)c([N+](=O)[O-])c1. The fraction of sp³-hybridized carbons (Fsp3) is 0.200. The van der Waals surface area contributed by atoms with Crippen LogP contribution in [0.25, 0.3) is 0 Å². The van der Waals surface area contributed by atoms with Crippen molar-refractivity contribution in [2.45, 2.75) is 11.0 Å². The van der Waals surface area contributed by atoms with Gasteiger partial charge >= 0.3 is 0 Å². The van der Waals surface area contributed by atoms with Gasteiger partial charge in [0.1, 0.15) is 11.5 Å². The van der Waals surface area contributed by atoms with Crippen molar-refractivity contribution in [1.82, 2.24) is 0 Å². The normalized spacial score (nSPS) is 12.6. The summed E-state index contributed by atoms with van der Waals surface area (Å²) in [6.07, 6.45) is -0.276. The summed E-state index contributed by atoms with van der Waals surface area (Å²) in [6.45, 7) is -0.181. The Hall–Kier alpha value is -2.52. The number of nitro benzene ring substituents is 1. The van der Waals surface area contributed by atoms with Crippen LogP contribution in [-0.2, 0) is 9.84 Å². The predicted octanol–water partition coefficient (Wildman–Crippen LogP) is 2.28. The van der Waals surface area contributed by atoms with E-state index < -0.39 is 32.4 Å². The number of nitro groups is 1. The van der Waals surface area contributed by atoms with E-state index in [1.54, 1.807) is 6.07 Å². The minimum Gasteiger partial charge on any atom is -0.386 e. The number of hydrogen-bond donors (Lipinski definition) is 2. The van der Waals surface area contributed by atoms with Crippen LogP contribution in [0, 0.1) is 15.9 Å². The number of aliphatic hydroxyl groups excluding tert-OH is 1. The van der Waals surface area contributed by atoms with E-state index >= 15 is 0 Å². The molecular weight excluding hydrogens is 339 g/mol. The van der Waals surface area contributed by atoms with Crippen molar-refractivity contribution in [3.63, 3.8) is 0 Å². The van der Waals surface area contributed by atoms with Gasteiger partial charge in [-0.2, -0.15) is 0 Å². The second-order valence-corrected chi connectivity index (χ2v) is 7.14. The molecule has 0 amide bonds. The Morgan fingerprint density at radius 2 is 1.96 bits per heavy atom. The van der Waals surface area contributed by atoms with Crippen molar-refractivity contribution in [2.75, 3.05) is 18.1 Å². The average Bonchev–Trinajstić information content (AvgIpc) is 2.51. The van der Waals surface area contributed by atoms with Gasteiger partial charge in [-0.1, -0.05) is 18.2 Å². The number of aliphatic hydroxyl groups is 1. The average molecular weight is 354 g/mol. The maximum atomic E-state index is 13.6. The highest BCUT2D eigenvalue weighted by atomic mass is 32.2. The molecule has 2 aromatic carbocycles. The number of benzene rings is 2. The largest absolute Gasteiger partial charge is 0.386 e. The lowest BCUT2D eigenvalue weighted by molar-refractivity contribution is -0.384. The second-order valence-electron chi connectivity index (χ2n) is 5.13. The molecule has 0 unspecified atom stereocenters. The Morgan fingerprint density at radius 3 is 2.54 bits per heavy atom. The molecular formula is C15H15FN2O5S. The van der Waals surface area contributed by atoms with Gasteiger partial charge in [0.25, 0.3) is 5.69 Å². The van der Waals surface area contributed by atoms with Gasteiger partial charge in [-0.25, -0.2) is 12.8 Å². The first kappa shape index (κ1) is 17.8. The molecule has 0 saturated carbocycles. The molecule has 2 aromatic rings. The van der Waals surface area contributed by atoms with Crippen LogP contribution in [0.3, 0.4) is 0 Å². The maximum absolute atomic E-state index is 13.6. The predicted molar refractivity (Wildman–Crippen MR) is 86.1 cm³/mol. The van der Waals surface area contributed by atoms with Gasteiger partial charge < -0.3 is 10.4 Å². The molecule has 24 heavy (non-hydrogen) atoms. The fourth-order valence-corrected chi connectivity index (χ4v) is 2.75. The molecule has 2 rings (SSSR count). The van der Waals surface area contributed by atoms with Gasteiger partial charge in [-0.15, -0.1) is 0 Å². The molecule has 128 valence electrons. The van der Waals surface area contributed by atoms with Crippen molar-refractivity contribution in [3.8, 4) is 0 Å². The van der Waals surface area contributed by atoms with E-state index in [9.17, 15) is 28.0 Å². The highest BCUT2D eigenvalue weighted by Crippen LogP contribution is 2.28. The summed E-state index contributed by atoms with van der Waals surface area (Å²) < 4.78 is 36.6.